The van der Waals surface area contributed by atoms with Gasteiger partial charge in [-0.15, -0.1) is 11.3 Å². The molecule has 0 atom stereocenters. The predicted octanol–water partition coefficient (Wildman–Crippen LogP) is 3.37. The third-order valence-electron chi connectivity index (χ3n) is 1.55. The fourth-order valence-corrected chi connectivity index (χ4v) is 1.79. The highest BCUT2D eigenvalue weighted by Crippen LogP contribution is 2.22. The lowest BCUT2D eigenvalue weighted by Crippen LogP contribution is -1.74. The summed E-state index contributed by atoms with van der Waals surface area (Å²) < 4.78 is 0.703. The number of thiazole rings is 1. The molecular formula is C9H6NS2. The SMILES string of the molecule is [S]c1nc(-c2ccccc2)cs1. The van der Waals surface area contributed by atoms with Crippen LogP contribution >= 0.6 is 24.0 Å². The van der Waals surface area contributed by atoms with Crippen LogP contribution in [0.25, 0.3) is 11.3 Å². The first-order chi connectivity index (χ1) is 5.86. The van der Waals surface area contributed by atoms with Crippen molar-refractivity contribution in [2.45, 2.75) is 4.34 Å². The van der Waals surface area contributed by atoms with Gasteiger partial charge < -0.3 is 0 Å². The largest absolute Gasteiger partial charge is 0.225 e. The summed E-state index contributed by atoms with van der Waals surface area (Å²) in [5.74, 6) is 0. The van der Waals surface area contributed by atoms with E-state index in [1.807, 2.05) is 35.7 Å². The van der Waals surface area contributed by atoms with E-state index in [2.05, 4.69) is 4.98 Å². The highest BCUT2D eigenvalue weighted by molar-refractivity contribution is 7.82. The van der Waals surface area contributed by atoms with Crippen LogP contribution in [-0.4, -0.2) is 4.98 Å². The Balaban J connectivity index is 2.45. The van der Waals surface area contributed by atoms with Crippen LogP contribution in [0.15, 0.2) is 40.1 Å². The Kier molecular flexibility index (Phi) is 2.06. The molecule has 1 nitrogen and oxygen atoms in total. The molecule has 59 valence electrons. The lowest BCUT2D eigenvalue weighted by Gasteiger charge is -1.92. The summed E-state index contributed by atoms with van der Waals surface area (Å²) in [7, 11) is 0. The van der Waals surface area contributed by atoms with Gasteiger partial charge in [0.1, 0.15) is 0 Å². The molecule has 0 aliphatic carbocycles. The zero-order valence-electron chi connectivity index (χ0n) is 6.23. The van der Waals surface area contributed by atoms with Crippen molar-refractivity contribution >= 4 is 24.0 Å². The average molecular weight is 192 g/mol. The van der Waals surface area contributed by atoms with Gasteiger partial charge in [-0.3, -0.25) is 0 Å². The summed E-state index contributed by atoms with van der Waals surface area (Å²) >= 11 is 6.44. The second-order valence-electron chi connectivity index (χ2n) is 2.36. The zero-order valence-corrected chi connectivity index (χ0v) is 7.86. The molecule has 12 heavy (non-hydrogen) atoms. The van der Waals surface area contributed by atoms with E-state index in [4.69, 9.17) is 12.6 Å². The van der Waals surface area contributed by atoms with Crippen LogP contribution in [0.2, 0.25) is 0 Å². The maximum atomic E-state index is 4.94. The molecular weight excluding hydrogens is 186 g/mol. The van der Waals surface area contributed by atoms with Crippen molar-refractivity contribution in [1.29, 1.82) is 0 Å². The second-order valence-corrected chi connectivity index (χ2v) is 3.87. The molecule has 0 fully saturated rings. The van der Waals surface area contributed by atoms with Crippen molar-refractivity contribution in [1.82, 2.24) is 4.98 Å². The van der Waals surface area contributed by atoms with Gasteiger partial charge in [-0.05, 0) is 12.6 Å². The molecule has 0 bridgehead atoms. The van der Waals surface area contributed by atoms with Crippen LogP contribution < -0.4 is 0 Å². The molecule has 1 aromatic carbocycles. The lowest BCUT2D eigenvalue weighted by atomic mass is 10.2. The Morgan fingerprint density at radius 3 is 2.50 bits per heavy atom. The van der Waals surface area contributed by atoms with Gasteiger partial charge in [-0.2, -0.15) is 0 Å². The standard InChI is InChI=1S/C9H6NS2/c11-9-10-8(6-12-9)7-4-2-1-3-5-7/h1-6H. The molecule has 0 unspecified atom stereocenters. The number of hydrogen-bond donors (Lipinski definition) is 0. The van der Waals surface area contributed by atoms with E-state index < -0.39 is 0 Å². The smallest absolute Gasteiger partial charge is 0.181 e. The van der Waals surface area contributed by atoms with Crippen LogP contribution in [0.3, 0.4) is 0 Å². The first-order valence-corrected chi connectivity index (χ1v) is 4.83. The Morgan fingerprint density at radius 1 is 1.17 bits per heavy atom. The summed E-state index contributed by atoms with van der Waals surface area (Å²) in [6.07, 6.45) is 0. The first-order valence-electron chi connectivity index (χ1n) is 3.54. The van der Waals surface area contributed by atoms with E-state index in [9.17, 15) is 0 Å². The highest BCUT2D eigenvalue weighted by Gasteiger charge is 2.00. The maximum absolute atomic E-state index is 4.94. The summed E-state index contributed by atoms with van der Waals surface area (Å²) in [5.41, 5.74) is 2.11. The normalized spacial score (nSPS) is 10.0. The lowest BCUT2D eigenvalue weighted by molar-refractivity contribution is 1.26. The van der Waals surface area contributed by atoms with E-state index in [1.54, 1.807) is 0 Å². The van der Waals surface area contributed by atoms with Gasteiger partial charge in [-0.25, -0.2) is 4.98 Å². The van der Waals surface area contributed by atoms with Gasteiger partial charge in [0.15, 0.2) is 4.34 Å². The minimum atomic E-state index is 0.703. The number of aromatic nitrogens is 1. The third-order valence-corrected chi connectivity index (χ3v) is 2.57. The van der Waals surface area contributed by atoms with Crippen LogP contribution in [-0.2, 0) is 0 Å². The van der Waals surface area contributed by atoms with E-state index in [0.717, 1.165) is 11.3 Å². The van der Waals surface area contributed by atoms with Crippen molar-refractivity contribution in [2.75, 3.05) is 0 Å². The van der Waals surface area contributed by atoms with Gasteiger partial charge in [0.2, 0.25) is 0 Å². The van der Waals surface area contributed by atoms with Crippen molar-refractivity contribution < 1.29 is 0 Å². The van der Waals surface area contributed by atoms with E-state index in [-0.39, 0.29) is 0 Å². The molecule has 0 aliphatic rings. The van der Waals surface area contributed by atoms with Gasteiger partial charge in [-0.1, -0.05) is 30.3 Å². The molecule has 0 N–H and O–H groups in total. The average Bonchev–Trinajstić information content (AvgIpc) is 2.54. The van der Waals surface area contributed by atoms with Crippen molar-refractivity contribution in [3.8, 4) is 11.3 Å². The van der Waals surface area contributed by atoms with Crippen molar-refractivity contribution in [2.24, 2.45) is 0 Å². The molecule has 1 radical (unpaired) electrons. The second kappa shape index (κ2) is 3.21. The number of benzene rings is 1. The quantitative estimate of drug-likeness (QED) is 0.675. The Labute approximate surface area is 80.5 Å². The predicted molar refractivity (Wildman–Crippen MR) is 53.4 cm³/mol. The highest BCUT2D eigenvalue weighted by atomic mass is 32.2. The summed E-state index contributed by atoms with van der Waals surface area (Å²) in [6.45, 7) is 0. The van der Waals surface area contributed by atoms with Crippen molar-refractivity contribution in [3.63, 3.8) is 0 Å². The third kappa shape index (κ3) is 1.47. The number of hydrogen-bond acceptors (Lipinski definition) is 2. The Hall–Kier alpha value is -0.930. The molecule has 0 saturated carbocycles. The van der Waals surface area contributed by atoms with E-state index in [1.165, 1.54) is 11.3 Å². The molecule has 3 heteroatoms. The molecule has 0 saturated heterocycles. The van der Waals surface area contributed by atoms with Gasteiger partial charge >= 0.3 is 0 Å². The molecule has 0 amide bonds. The van der Waals surface area contributed by atoms with Gasteiger partial charge in [0.25, 0.3) is 0 Å². The molecule has 0 aliphatic heterocycles. The van der Waals surface area contributed by atoms with E-state index >= 15 is 0 Å². The van der Waals surface area contributed by atoms with Crippen LogP contribution in [0, 0.1) is 0 Å². The Bertz CT molecular complexity index is 367. The van der Waals surface area contributed by atoms with Crippen LogP contribution in [0.1, 0.15) is 0 Å². The Morgan fingerprint density at radius 2 is 1.92 bits per heavy atom. The fraction of sp³-hybridized carbons (Fsp3) is 0. The topological polar surface area (TPSA) is 12.9 Å². The molecule has 0 spiro atoms. The molecule has 2 aromatic rings. The maximum Gasteiger partial charge on any atom is 0.181 e. The minimum absolute atomic E-state index is 0.703. The molecule has 2 rings (SSSR count). The zero-order chi connectivity index (χ0) is 8.39. The minimum Gasteiger partial charge on any atom is -0.225 e. The van der Waals surface area contributed by atoms with E-state index in [0.29, 0.717) is 4.34 Å². The first kappa shape index (κ1) is 7.71. The van der Waals surface area contributed by atoms with Crippen molar-refractivity contribution in [3.05, 3.63) is 35.7 Å². The number of nitrogens with zero attached hydrogens (tertiary/aromatic N) is 1. The summed E-state index contributed by atoms with van der Waals surface area (Å²) in [4.78, 5) is 4.21. The fourth-order valence-electron chi connectivity index (χ4n) is 0.999. The summed E-state index contributed by atoms with van der Waals surface area (Å²) in [6, 6.07) is 10.0. The summed E-state index contributed by atoms with van der Waals surface area (Å²) in [5, 5.41) is 1.98. The van der Waals surface area contributed by atoms with Crippen LogP contribution in [0.5, 0.6) is 0 Å². The molecule has 1 heterocycles. The molecule has 1 aromatic heterocycles. The van der Waals surface area contributed by atoms with Gasteiger partial charge in [0, 0.05) is 10.9 Å². The van der Waals surface area contributed by atoms with Gasteiger partial charge in [0.05, 0.1) is 5.69 Å². The number of rotatable bonds is 1. The van der Waals surface area contributed by atoms with Crippen LogP contribution in [0.4, 0.5) is 0 Å². The monoisotopic (exact) mass is 192 g/mol.